The first-order valence-corrected chi connectivity index (χ1v) is 11.8. The minimum Gasteiger partial charge on any atom is -0.446 e. The highest BCUT2D eigenvalue weighted by molar-refractivity contribution is 7.15. The number of hydrogen-bond donors (Lipinski definition) is 1. The molecular weight excluding hydrogens is 433 g/mol. The lowest BCUT2D eigenvalue weighted by Crippen LogP contribution is -2.50. The van der Waals surface area contributed by atoms with E-state index < -0.39 is 6.17 Å². The van der Waals surface area contributed by atoms with E-state index in [2.05, 4.69) is 20.9 Å². The van der Waals surface area contributed by atoms with E-state index in [1.807, 2.05) is 12.3 Å². The summed E-state index contributed by atoms with van der Waals surface area (Å²) in [6, 6.07) is 4.14. The molecule has 3 aromatic rings. The zero-order valence-corrected chi connectivity index (χ0v) is 18.4. The van der Waals surface area contributed by atoms with Crippen LogP contribution in [0.3, 0.4) is 0 Å². The predicted molar refractivity (Wildman–Crippen MR) is 119 cm³/mol. The van der Waals surface area contributed by atoms with Crippen LogP contribution in [0.25, 0.3) is 21.7 Å². The van der Waals surface area contributed by atoms with E-state index >= 15 is 0 Å². The fourth-order valence-corrected chi connectivity index (χ4v) is 5.51. The van der Waals surface area contributed by atoms with Crippen LogP contribution in [0.1, 0.15) is 23.4 Å². The second-order valence-electron chi connectivity index (χ2n) is 8.52. The van der Waals surface area contributed by atoms with Gasteiger partial charge in [0.1, 0.15) is 22.9 Å². The highest BCUT2D eigenvalue weighted by Gasteiger charge is 2.34. The van der Waals surface area contributed by atoms with Gasteiger partial charge in [0.25, 0.3) is 0 Å². The van der Waals surface area contributed by atoms with E-state index in [1.54, 1.807) is 16.2 Å². The van der Waals surface area contributed by atoms with Gasteiger partial charge in [-0.3, -0.25) is 0 Å². The maximum Gasteiger partial charge on any atom is 0.410 e. The molecule has 1 amide bonds. The van der Waals surface area contributed by atoms with Gasteiger partial charge in [-0.2, -0.15) is 0 Å². The summed E-state index contributed by atoms with van der Waals surface area (Å²) in [5.74, 6) is 0. The SMILES string of the molecule is O=C(OC1CC(F)C1)N1CCN(c2ccnc3[nH]c(-c4nc5c(s4)COCC5)cc23)CC1. The van der Waals surface area contributed by atoms with Crippen molar-refractivity contribution in [1.82, 2.24) is 19.9 Å². The molecule has 168 valence electrons. The molecule has 3 aliphatic rings. The van der Waals surface area contributed by atoms with Crippen molar-refractivity contribution < 1.29 is 18.7 Å². The number of anilines is 1. The molecule has 6 rings (SSSR count). The Morgan fingerprint density at radius 1 is 1.28 bits per heavy atom. The van der Waals surface area contributed by atoms with Gasteiger partial charge in [0.2, 0.25) is 0 Å². The maximum atomic E-state index is 13.0. The molecule has 5 heterocycles. The second kappa shape index (κ2) is 8.00. The molecule has 0 atom stereocenters. The summed E-state index contributed by atoms with van der Waals surface area (Å²) in [6.45, 7) is 3.92. The van der Waals surface area contributed by atoms with Crippen LogP contribution in [0.15, 0.2) is 18.3 Å². The minimum atomic E-state index is -0.826. The van der Waals surface area contributed by atoms with Crippen molar-refractivity contribution in [3.63, 3.8) is 0 Å². The number of piperazine rings is 1. The zero-order valence-electron chi connectivity index (χ0n) is 17.6. The molecule has 0 unspecified atom stereocenters. The molecule has 0 aromatic carbocycles. The lowest BCUT2D eigenvalue weighted by molar-refractivity contribution is -0.0132. The maximum absolute atomic E-state index is 13.0. The van der Waals surface area contributed by atoms with Crippen LogP contribution in [-0.4, -0.2) is 71.0 Å². The summed E-state index contributed by atoms with van der Waals surface area (Å²) in [4.78, 5) is 30.3. The normalized spacial score (nSPS) is 23.2. The molecule has 1 saturated carbocycles. The molecule has 3 aromatic heterocycles. The summed E-state index contributed by atoms with van der Waals surface area (Å²) in [7, 11) is 0. The summed E-state index contributed by atoms with van der Waals surface area (Å²) in [6.07, 6.45) is 1.89. The standard InChI is InChI=1S/C22H24FN5O3S/c23-13-9-14(10-13)31-22(29)28-6-4-27(5-7-28)18-1-3-24-20-15(18)11-17(25-20)21-26-16-2-8-30-12-19(16)32-21/h1,3,11,13-14H,2,4-10,12H2,(H,24,25). The first kappa shape index (κ1) is 19.9. The van der Waals surface area contributed by atoms with Gasteiger partial charge >= 0.3 is 6.09 Å². The number of fused-ring (bicyclic) bond motifs is 2. The summed E-state index contributed by atoms with van der Waals surface area (Å²) in [5, 5.41) is 2.01. The quantitative estimate of drug-likeness (QED) is 0.648. The number of rotatable bonds is 3. The van der Waals surface area contributed by atoms with Crippen molar-refractivity contribution >= 4 is 34.2 Å². The van der Waals surface area contributed by atoms with Gasteiger partial charge in [-0.1, -0.05) is 0 Å². The number of nitrogens with one attached hydrogen (secondary N) is 1. The van der Waals surface area contributed by atoms with E-state index in [4.69, 9.17) is 14.5 Å². The lowest BCUT2D eigenvalue weighted by atomic mass is 9.94. The lowest BCUT2D eigenvalue weighted by Gasteiger charge is -2.37. The molecular formula is C22H24FN5O3S. The van der Waals surface area contributed by atoms with Gasteiger partial charge in [0.05, 0.1) is 29.5 Å². The summed E-state index contributed by atoms with van der Waals surface area (Å²) < 4.78 is 23.9. The third-order valence-corrected chi connectivity index (χ3v) is 7.52. The number of hydrogen-bond acceptors (Lipinski definition) is 7. The van der Waals surface area contributed by atoms with Crippen LogP contribution in [0.4, 0.5) is 14.9 Å². The molecule has 1 aliphatic carbocycles. The number of aromatic amines is 1. The minimum absolute atomic E-state index is 0.267. The van der Waals surface area contributed by atoms with Crippen molar-refractivity contribution in [1.29, 1.82) is 0 Å². The molecule has 0 radical (unpaired) electrons. The number of halogens is 1. The molecule has 32 heavy (non-hydrogen) atoms. The largest absolute Gasteiger partial charge is 0.446 e. The highest BCUT2D eigenvalue weighted by atomic mass is 32.1. The average molecular weight is 458 g/mol. The van der Waals surface area contributed by atoms with Crippen molar-refractivity contribution in [2.45, 2.75) is 38.1 Å². The fourth-order valence-electron chi connectivity index (χ4n) is 4.49. The Kier molecular flexibility index (Phi) is 4.98. The van der Waals surface area contributed by atoms with Gasteiger partial charge < -0.3 is 24.3 Å². The van der Waals surface area contributed by atoms with Crippen LogP contribution in [-0.2, 0) is 22.5 Å². The Morgan fingerprint density at radius 3 is 2.91 bits per heavy atom. The van der Waals surface area contributed by atoms with Crippen molar-refractivity contribution in [3.05, 3.63) is 28.9 Å². The molecule has 2 fully saturated rings. The Bertz CT molecular complexity index is 1130. The monoisotopic (exact) mass is 457 g/mol. The molecule has 0 spiro atoms. The summed E-state index contributed by atoms with van der Waals surface area (Å²) in [5.41, 5.74) is 4.02. The number of ether oxygens (including phenoxy) is 2. The molecule has 0 bridgehead atoms. The number of pyridine rings is 1. The van der Waals surface area contributed by atoms with E-state index in [9.17, 15) is 9.18 Å². The third-order valence-electron chi connectivity index (χ3n) is 6.42. The number of amides is 1. The van der Waals surface area contributed by atoms with Crippen molar-refractivity contribution in [2.75, 3.05) is 37.7 Å². The second-order valence-corrected chi connectivity index (χ2v) is 9.60. The topological polar surface area (TPSA) is 83.6 Å². The van der Waals surface area contributed by atoms with Crippen LogP contribution in [0.2, 0.25) is 0 Å². The van der Waals surface area contributed by atoms with E-state index in [1.165, 1.54) is 4.88 Å². The van der Waals surface area contributed by atoms with Gasteiger partial charge in [-0.25, -0.2) is 19.2 Å². The van der Waals surface area contributed by atoms with Gasteiger partial charge in [0, 0.05) is 62.7 Å². The highest BCUT2D eigenvalue weighted by Crippen LogP contribution is 2.35. The molecule has 1 N–H and O–H groups in total. The van der Waals surface area contributed by atoms with Gasteiger partial charge in [-0.05, 0) is 12.1 Å². The molecule has 8 nitrogen and oxygen atoms in total. The van der Waals surface area contributed by atoms with Crippen LogP contribution < -0.4 is 4.90 Å². The number of nitrogens with zero attached hydrogens (tertiary/aromatic N) is 4. The van der Waals surface area contributed by atoms with Gasteiger partial charge in [-0.15, -0.1) is 11.3 Å². The first-order chi connectivity index (χ1) is 15.6. The fraction of sp³-hybridized carbons (Fsp3) is 0.500. The number of alkyl halides is 1. The van der Waals surface area contributed by atoms with E-state index in [0.717, 1.165) is 46.1 Å². The molecule has 1 saturated heterocycles. The van der Waals surface area contributed by atoms with Gasteiger partial charge in [0.15, 0.2) is 0 Å². The number of thiazole rings is 1. The predicted octanol–water partition coefficient (Wildman–Crippen LogP) is 3.52. The Labute approximate surface area is 188 Å². The van der Waals surface area contributed by atoms with E-state index in [0.29, 0.717) is 45.6 Å². The molecule has 10 heteroatoms. The van der Waals surface area contributed by atoms with Crippen molar-refractivity contribution in [3.8, 4) is 10.7 Å². The first-order valence-electron chi connectivity index (χ1n) is 11.0. The van der Waals surface area contributed by atoms with Crippen LogP contribution >= 0.6 is 11.3 Å². The van der Waals surface area contributed by atoms with Crippen LogP contribution in [0.5, 0.6) is 0 Å². The Balaban J connectivity index is 1.18. The molecule has 2 aliphatic heterocycles. The summed E-state index contributed by atoms with van der Waals surface area (Å²) >= 11 is 1.67. The van der Waals surface area contributed by atoms with Crippen molar-refractivity contribution in [2.24, 2.45) is 0 Å². The number of carbonyl (C=O) groups excluding carboxylic acids is 1. The van der Waals surface area contributed by atoms with Crippen LogP contribution in [0, 0.1) is 0 Å². The van der Waals surface area contributed by atoms with E-state index in [-0.39, 0.29) is 12.2 Å². The zero-order chi connectivity index (χ0) is 21.7. The Hall–Kier alpha value is -2.72. The third kappa shape index (κ3) is 3.61. The number of aromatic nitrogens is 3. The average Bonchev–Trinajstić information content (AvgIpc) is 3.42. The Morgan fingerprint density at radius 2 is 2.12 bits per heavy atom. The number of carbonyl (C=O) groups is 1. The smallest absolute Gasteiger partial charge is 0.410 e. The number of H-pyrrole nitrogens is 1.